The van der Waals surface area contributed by atoms with Crippen LogP contribution in [0.3, 0.4) is 0 Å². The van der Waals surface area contributed by atoms with Gasteiger partial charge in [0.05, 0.1) is 13.1 Å². The van der Waals surface area contributed by atoms with E-state index in [4.69, 9.17) is 16.1 Å². The van der Waals surface area contributed by atoms with E-state index < -0.39 is 0 Å². The largest absolute Gasteiger partial charge is 0.338 e. The molecule has 1 fully saturated rings. The number of nitrogens with zero attached hydrogens (tertiary/aromatic N) is 4. The molecule has 0 spiro atoms. The number of hydrogen-bond acceptors (Lipinski definition) is 6. The Morgan fingerprint density at radius 2 is 1.70 bits per heavy atom. The third-order valence-corrected chi connectivity index (χ3v) is 6.02. The summed E-state index contributed by atoms with van der Waals surface area (Å²) in [5.41, 5.74) is 2.87. The van der Waals surface area contributed by atoms with Gasteiger partial charge in [-0.15, -0.1) is 0 Å². The van der Waals surface area contributed by atoms with Crippen molar-refractivity contribution in [2.45, 2.75) is 32.7 Å². The SMILES string of the molecule is CC(C)(C)c1ccccc1NC(=O)CN1CCN(Cc2nc(-c3ccc(Cl)cc3)no2)CC1. The molecule has 2 aromatic carbocycles. The van der Waals surface area contributed by atoms with E-state index in [0.717, 1.165) is 43.0 Å². The van der Waals surface area contributed by atoms with Crippen LogP contribution in [0.5, 0.6) is 0 Å². The molecule has 174 valence electrons. The molecule has 33 heavy (non-hydrogen) atoms. The third kappa shape index (κ3) is 6.19. The van der Waals surface area contributed by atoms with E-state index in [9.17, 15) is 4.79 Å². The first-order valence-corrected chi connectivity index (χ1v) is 11.6. The van der Waals surface area contributed by atoms with Crippen LogP contribution in [0.25, 0.3) is 11.4 Å². The summed E-state index contributed by atoms with van der Waals surface area (Å²) in [4.78, 5) is 21.6. The molecule has 0 aliphatic carbocycles. The van der Waals surface area contributed by atoms with Crippen molar-refractivity contribution in [2.75, 3.05) is 38.0 Å². The van der Waals surface area contributed by atoms with E-state index in [1.54, 1.807) is 0 Å². The quantitative estimate of drug-likeness (QED) is 0.577. The number of carbonyl (C=O) groups is 1. The maximum Gasteiger partial charge on any atom is 0.241 e. The Labute approximate surface area is 199 Å². The Bertz CT molecular complexity index is 1080. The van der Waals surface area contributed by atoms with Crippen LogP contribution in [-0.2, 0) is 16.8 Å². The van der Waals surface area contributed by atoms with Crippen molar-refractivity contribution in [2.24, 2.45) is 0 Å². The fourth-order valence-electron chi connectivity index (χ4n) is 3.97. The molecule has 3 aromatic rings. The number of para-hydroxylation sites is 1. The molecule has 4 rings (SSSR count). The van der Waals surface area contributed by atoms with Crippen molar-refractivity contribution >= 4 is 23.2 Å². The van der Waals surface area contributed by atoms with Crippen LogP contribution >= 0.6 is 11.6 Å². The minimum Gasteiger partial charge on any atom is -0.338 e. The molecule has 1 aliphatic rings. The summed E-state index contributed by atoms with van der Waals surface area (Å²) >= 11 is 5.94. The van der Waals surface area contributed by atoms with Gasteiger partial charge in [-0.3, -0.25) is 14.6 Å². The molecular formula is C25H30ClN5O2. The monoisotopic (exact) mass is 467 g/mol. The highest BCUT2D eigenvalue weighted by Gasteiger charge is 2.23. The Hall–Kier alpha value is -2.74. The van der Waals surface area contributed by atoms with Crippen LogP contribution in [-0.4, -0.2) is 58.6 Å². The number of benzene rings is 2. The average molecular weight is 468 g/mol. The molecule has 1 amide bonds. The Morgan fingerprint density at radius 1 is 1.03 bits per heavy atom. The standard InChI is InChI=1S/C25H30ClN5O2/c1-25(2,3)20-6-4-5-7-21(20)27-22(32)16-30-12-14-31(15-13-30)17-23-28-24(29-33-23)18-8-10-19(26)11-9-18/h4-11H,12-17H2,1-3H3,(H,27,32). The summed E-state index contributed by atoms with van der Waals surface area (Å²) in [5, 5.41) is 7.86. The first-order valence-electron chi connectivity index (χ1n) is 11.2. The van der Waals surface area contributed by atoms with Gasteiger partial charge in [0.2, 0.25) is 17.6 Å². The van der Waals surface area contributed by atoms with E-state index in [2.05, 4.69) is 52.1 Å². The highest BCUT2D eigenvalue weighted by atomic mass is 35.5. The zero-order valence-corrected chi connectivity index (χ0v) is 20.1. The number of nitrogens with one attached hydrogen (secondary N) is 1. The fourth-order valence-corrected chi connectivity index (χ4v) is 4.10. The van der Waals surface area contributed by atoms with Gasteiger partial charge in [-0.2, -0.15) is 4.98 Å². The molecule has 1 saturated heterocycles. The maximum absolute atomic E-state index is 12.7. The summed E-state index contributed by atoms with van der Waals surface area (Å²) in [6.07, 6.45) is 0. The van der Waals surface area contributed by atoms with E-state index in [1.165, 1.54) is 0 Å². The van der Waals surface area contributed by atoms with Gasteiger partial charge in [0.25, 0.3) is 0 Å². The highest BCUT2D eigenvalue weighted by Crippen LogP contribution is 2.29. The summed E-state index contributed by atoms with van der Waals surface area (Å²) in [7, 11) is 0. The molecule has 1 aliphatic heterocycles. The zero-order valence-electron chi connectivity index (χ0n) is 19.3. The second-order valence-corrected chi connectivity index (χ2v) is 9.85. The second kappa shape index (κ2) is 10.0. The van der Waals surface area contributed by atoms with E-state index in [-0.39, 0.29) is 11.3 Å². The molecule has 8 heteroatoms. The lowest BCUT2D eigenvalue weighted by Crippen LogP contribution is -2.48. The van der Waals surface area contributed by atoms with Crippen molar-refractivity contribution in [3.8, 4) is 11.4 Å². The molecule has 0 atom stereocenters. The lowest BCUT2D eigenvalue weighted by Gasteiger charge is -2.33. The lowest BCUT2D eigenvalue weighted by atomic mass is 9.86. The maximum atomic E-state index is 12.7. The van der Waals surface area contributed by atoms with Gasteiger partial charge in [-0.25, -0.2) is 0 Å². The van der Waals surface area contributed by atoms with Crippen LogP contribution < -0.4 is 5.32 Å². The molecule has 1 N–H and O–H groups in total. The van der Waals surface area contributed by atoms with Crippen LogP contribution in [0, 0.1) is 0 Å². The number of piperazine rings is 1. The van der Waals surface area contributed by atoms with Gasteiger partial charge >= 0.3 is 0 Å². The predicted molar refractivity (Wildman–Crippen MR) is 130 cm³/mol. The lowest BCUT2D eigenvalue weighted by molar-refractivity contribution is -0.117. The smallest absolute Gasteiger partial charge is 0.241 e. The van der Waals surface area contributed by atoms with Crippen molar-refractivity contribution in [1.82, 2.24) is 19.9 Å². The van der Waals surface area contributed by atoms with Crippen LogP contribution in [0.1, 0.15) is 32.2 Å². The van der Waals surface area contributed by atoms with Gasteiger partial charge in [0, 0.05) is 42.5 Å². The fraction of sp³-hybridized carbons (Fsp3) is 0.400. The van der Waals surface area contributed by atoms with E-state index in [1.807, 2.05) is 42.5 Å². The minimum atomic E-state index is -0.0301. The number of rotatable bonds is 6. The van der Waals surface area contributed by atoms with E-state index >= 15 is 0 Å². The molecule has 7 nitrogen and oxygen atoms in total. The number of amides is 1. The van der Waals surface area contributed by atoms with Gasteiger partial charge in [-0.1, -0.05) is 55.7 Å². The van der Waals surface area contributed by atoms with Gasteiger partial charge in [-0.05, 0) is 41.3 Å². The number of aromatic nitrogens is 2. The van der Waals surface area contributed by atoms with Crippen molar-refractivity contribution in [3.63, 3.8) is 0 Å². The van der Waals surface area contributed by atoms with Gasteiger partial charge < -0.3 is 9.84 Å². The van der Waals surface area contributed by atoms with Crippen LogP contribution in [0.2, 0.25) is 5.02 Å². The molecule has 2 heterocycles. The first kappa shape index (κ1) is 23.4. The minimum absolute atomic E-state index is 0.0182. The summed E-state index contributed by atoms with van der Waals surface area (Å²) in [6.45, 7) is 10.7. The van der Waals surface area contributed by atoms with Crippen molar-refractivity contribution < 1.29 is 9.32 Å². The van der Waals surface area contributed by atoms with Crippen LogP contribution in [0.15, 0.2) is 53.1 Å². The normalized spacial score (nSPS) is 15.5. The number of anilines is 1. The predicted octanol–water partition coefficient (Wildman–Crippen LogP) is 4.44. The number of hydrogen-bond donors (Lipinski definition) is 1. The molecule has 0 saturated carbocycles. The van der Waals surface area contributed by atoms with Crippen molar-refractivity contribution in [1.29, 1.82) is 0 Å². The highest BCUT2D eigenvalue weighted by molar-refractivity contribution is 6.30. The average Bonchev–Trinajstić information content (AvgIpc) is 3.24. The Kier molecular flexibility index (Phi) is 7.12. The third-order valence-electron chi connectivity index (χ3n) is 5.77. The molecular weight excluding hydrogens is 438 g/mol. The Morgan fingerprint density at radius 3 is 2.39 bits per heavy atom. The van der Waals surface area contributed by atoms with Gasteiger partial charge in [0.1, 0.15) is 0 Å². The molecule has 0 unspecified atom stereocenters. The van der Waals surface area contributed by atoms with Gasteiger partial charge in [0.15, 0.2) is 0 Å². The molecule has 0 bridgehead atoms. The summed E-state index contributed by atoms with van der Waals surface area (Å²) in [6, 6.07) is 15.4. The molecule has 0 radical (unpaired) electrons. The van der Waals surface area contributed by atoms with Crippen LogP contribution in [0.4, 0.5) is 5.69 Å². The zero-order chi connectivity index (χ0) is 23.4. The summed E-state index contributed by atoms with van der Waals surface area (Å²) < 4.78 is 5.43. The summed E-state index contributed by atoms with van der Waals surface area (Å²) in [5.74, 6) is 1.17. The second-order valence-electron chi connectivity index (χ2n) is 9.41. The van der Waals surface area contributed by atoms with Crippen molar-refractivity contribution in [3.05, 3.63) is 65.0 Å². The Balaban J connectivity index is 1.26. The van der Waals surface area contributed by atoms with E-state index in [0.29, 0.717) is 29.8 Å². The topological polar surface area (TPSA) is 74.5 Å². The number of halogens is 1. The number of carbonyl (C=O) groups excluding carboxylic acids is 1. The first-order chi connectivity index (χ1) is 15.8. The molecule has 1 aromatic heterocycles.